The molecule has 2 atom stereocenters. The molecule has 0 radical (unpaired) electrons. The van der Waals surface area contributed by atoms with Gasteiger partial charge in [-0.2, -0.15) is 13.2 Å². The Hall–Kier alpha value is -1.15. The van der Waals surface area contributed by atoms with Gasteiger partial charge >= 0.3 is 6.18 Å². The molecule has 0 spiro atoms. The monoisotopic (exact) mass is 289 g/mol. The summed E-state index contributed by atoms with van der Waals surface area (Å²) < 4.78 is 39.5. The Bertz CT molecular complexity index is 484. The number of hydrogen-bond donors (Lipinski definition) is 1. The van der Waals surface area contributed by atoms with E-state index in [9.17, 15) is 13.2 Å². The number of nitrogens with two attached hydrogens (primary N) is 1. The summed E-state index contributed by atoms with van der Waals surface area (Å²) in [7, 11) is 0. The molecule has 1 aliphatic heterocycles. The quantitative estimate of drug-likeness (QED) is 0.890. The fraction of sp³-hybridized carbons (Fsp3) is 0.833. The Labute approximate surface area is 114 Å². The summed E-state index contributed by atoms with van der Waals surface area (Å²) in [4.78, 5) is 2.22. The van der Waals surface area contributed by atoms with Crippen LogP contribution in [-0.2, 0) is 19.3 Å². The van der Waals surface area contributed by atoms with Gasteiger partial charge in [-0.1, -0.05) is 6.42 Å². The molecule has 2 aliphatic rings. The first kappa shape index (κ1) is 13.8. The van der Waals surface area contributed by atoms with Crippen molar-refractivity contribution in [3.63, 3.8) is 0 Å². The van der Waals surface area contributed by atoms with Crippen LogP contribution in [0.15, 0.2) is 0 Å². The summed E-state index contributed by atoms with van der Waals surface area (Å²) >= 11 is 0. The zero-order valence-corrected chi connectivity index (χ0v) is 11.1. The third kappa shape index (κ3) is 2.31. The second-order valence-corrected chi connectivity index (χ2v) is 5.55. The second-order valence-electron chi connectivity index (χ2n) is 5.55. The summed E-state index contributed by atoms with van der Waals surface area (Å²) in [5.74, 6) is -0.0215. The Morgan fingerprint density at radius 1 is 1.20 bits per heavy atom. The highest BCUT2D eigenvalue weighted by Gasteiger charge is 2.41. The van der Waals surface area contributed by atoms with Gasteiger partial charge in [0.1, 0.15) is 5.82 Å². The lowest BCUT2D eigenvalue weighted by Crippen LogP contribution is -2.45. The van der Waals surface area contributed by atoms with Crippen molar-refractivity contribution in [1.29, 1.82) is 0 Å². The predicted molar refractivity (Wildman–Crippen MR) is 65.6 cm³/mol. The first-order valence-corrected chi connectivity index (χ1v) is 6.94. The summed E-state index contributed by atoms with van der Waals surface area (Å²) in [5, 5.41) is 7.02. The van der Waals surface area contributed by atoms with E-state index in [-0.39, 0.29) is 0 Å². The van der Waals surface area contributed by atoms with Gasteiger partial charge in [-0.25, -0.2) is 0 Å². The molecule has 1 saturated carbocycles. The lowest BCUT2D eigenvalue weighted by molar-refractivity contribution is -0.148. The van der Waals surface area contributed by atoms with Gasteiger partial charge in [0.2, 0.25) is 5.82 Å². The van der Waals surface area contributed by atoms with E-state index >= 15 is 0 Å². The minimum Gasteiger partial charge on any atom is -0.330 e. The highest BCUT2D eigenvalue weighted by atomic mass is 19.4. The molecule has 2 N–H and O–H groups in total. The molecule has 2 unspecified atom stereocenters. The third-order valence-corrected chi connectivity index (χ3v) is 4.43. The van der Waals surface area contributed by atoms with E-state index in [1.54, 1.807) is 0 Å². The van der Waals surface area contributed by atoms with Crippen molar-refractivity contribution in [3.8, 4) is 0 Å². The number of fused-ring (bicyclic) bond motifs is 1. The Morgan fingerprint density at radius 2 is 2.00 bits per heavy atom. The van der Waals surface area contributed by atoms with Gasteiger partial charge in [0, 0.05) is 19.1 Å². The molecule has 1 aromatic heterocycles. The molecule has 8 heteroatoms. The van der Waals surface area contributed by atoms with Crippen LogP contribution in [0, 0.1) is 5.92 Å². The summed E-state index contributed by atoms with van der Waals surface area (Å²) in [6, 6.07) is 0.375. The summed E-state index contributed by atoms with van der Waals surface area (Å²) in [6.45, 7) is 1.98. The molecule has 0 aromatic carbocycles. The molecule has 20 heavy (non-hydrogen) atoms. The molecular formula is C12H18F3N5. The van der Waals surface area contributed by atoms with E-state index in [4.69, 9.17) is 5.73 Å². The molecule has 112 valence electrons. The van der Waals surface area contributed by atoms with E-state index in [0.717, 1.165) is 19.3 Å². The first-order valence-electron chi connectivity index (χ1n) is 6.94. The molecule has 0 amide bonds. The van der Waals surface area contributed by atoms with Crippen LogP contribution >= 0.6 is 0 Å². The number of nitrogens with zero attached hydrogens (tertiary/aromatic N) is 4. The molecule has 1 aliphatic carbocycles. The number of alkyl halides is 3. The second kappa shape index (κ2) is 5.00. The third-order valence-electron chi connectivity index (χ3n) is 4.43. The fourth-order valence-electron chi connectivity index (χ4n) is 3.44. The first-order chi connectivity index (χ1) is 9.50. The van der Waals surface area contributed by atoms with Gasteiger partial charge in [-0.05, 0) is 25.3 Å². The number of aromatic nitrogens is 3. The van der Waals surface area contributed by atoms with E-state index in [1.165, 1.54) is 4.57 Å². The van der Waals surface area contributed by atoms with Crippen molar-refractivity contribution in [1.82, 2.24) is 19.7 Å². The van der Waals surface area contributed by atoms with Crippen LogP contribution in [0.25, 0.3) is 0 Å². The maximum atomic E-state index is 12.8. The fourth-order valence-corrected chi connectivity index (χ4v) is 3.44. The normalized spacial score (nSPS) is 27.8. The number of halogens is 3. The van der Waals surface area contributed by atoms with E-state index < -0.39 is 12.0 Å². The van der Waals surface area contributed by atoms with Crippen LogP contribution < -0.4 is 5.73 Å². The van der Waals surface area contributed by atoms with Crippen LogP contribution in [0.3, 0.4) is 0 Å². The number of hydrogen-bond acceptors (Lipinski definition) is 4. The molecule has 2 heterocycles. The van der Waals surface area contributed by atoms with E-state index in [2.05, 4.69) is 15.1 Å². The lowest BCUT2D eigenvalue weighted by atomic mass is 10.0. The average Bonchev–Trinajstić information content (AvgIpc) is 3.03. The largest absolute Gasteiger partial charge is 0.451 e. The molecule has 3 rings (SSSR count). The zero-order chi connectivity index (χ0) is 14.3. The van der Waals surface area contributed by atoms with Crippen molar-refractivity contribution in [3.05, 3.63) is 11.6 Å². The maximum absolute atomic E-state index is 12.8. The molecule has 1 aromatic rings. The SMILES string of the molecule is NCC1CCCC1N1CCn2c(nnc2C(F)(F)F)C1. The van der Waals surface area contributed by atoms with Crippen LogP contribution in [0.1, 0.15) is 30.9 Å². The van der Waals surface area contributed by atoms with Gasteiger partial charge in [0.05, 0.1) is 6.54 Å². The van der Waals surface area contributed by atoms with Crippen molar-refractivity contribution in [2.45, 2.75) is 44.6 Å². The molecule has 0 bridgehead atoms. The highest BCUT2D eigenvalue weighted by Crippen LogP contribution is 2.33. The van der Waals surface area contributed by atoms with E-state index in [1.807, 2.05) is 0 Å². The van der Waals surface area contributed by atoms with Crippen LogP contribution in [0.5, 0.6) is 0 Å². The molecule has 0 saturated heterocycles. The van der Waals surface area contributed by atoms with Crippen molar-refractivity contribution < 1.29 is 13.2 Å². The maximum Gasteiger partial charge on any atom is 0.451 e. The van der Waals surface area contributed by atoms with Crippen LogP contribution in [-0.4, -0.2) is 38.8 Å². The highest BCUT2D eigenvalue weighted by molar-refractivity contribution is 5.03. The topological polar surface area (TPSA) is 60.0 Å². The standard InChI is InChI=1S/C12H18F3N5/c13-12(14,15)11-18-17-10-7-19(4-5-20(10)11)9-3-1-2-8(9)6-16/h8-9H,1-7,16H2. The van der Waals surface area contributed by atoms with Gasteiger partial charge in [-0.3, -0.25) is 4.90 Å². The minimum absolute atomic E-state index is 0.297. The van der Waals surface area contributed by atoms with Gasteiger partial charge in [-0.15, -0.1) is 10.2 Å². The van der Waals surface area contributed by atoms with Crippen LogP contribution in [0.2, 0.25) is 0 Å². The van der Waals surface area contributed by atoms with E-state index in [0.29, 0.717) is 44.0 Å². The smallest absolute Gasteiger partial charge is 0.330 e. The molecule has 1 fully saturated rings. The molecular weight excluding hydrogens is 271 g/mol. The Morgan fingerprint density at radius 3 is 2.70 bits per heavy atom. The van der Waals surface area contributed by atoms with Gasteiger partial charge < -0.3 is 10.3 Å². The zero-order valence-electron chi connectivity index (χ0n) is 11.1. The Kier molecular flexibility index (Phi) is 3.45. The Balaban J connectivity index is 1.78. The minimum atomic E-state index is -4.43. The molecule has 5 nitrogen and oxygen atoms in total. The predicted octanol–water partition coefficient (Wildman–Crippen LogP) is 1.24. The number of rotatable bonds is 2. The van der Waals surface area contributed by atoms with Crippen LogP contribution in [0.4, 0.5) is 13.2 Å². The van der Waals surface area contributed by atoms with Gasteiger partial charge in [0.15, 0.2) is 0 Å². The van der Waals surface area contributed by atoms with Crippen molar-refractivity contribution >= 4 is 0 Å². The summed E-state index contributed by atoms with van der Waals surface area (Å²) in [5.41, 5.74) is 5.78. The van der Waals surface area contributed by atoms with Gasteiger partial charge in [0.25, 0.3) is 0 Å². The average molecular weight is 289 g/mol. The summed E-state index contributed by atoms with van der Waals surface area (Å²) in [6.07, 6.45) is -1.11. The van der Waals surface area contributed by atoms with Crippen molar-refractivity contribution in [2.24, 2.45) is 11.7 Å². The van der Waals surface area contributed by atoms with Crippen molar-refractivity contribution in [2.75, 3.05) is 13.1 Å². The lowest BCUT2D eigenvalue weighted by Gasteiger charge is -2.35.